The Bertz CT molecular complexity index is 542. The number of nitro benzene ring substituents is 1. The van der Waals surface area contributed by atoms with E-state index < -0.39 is 4.92 Å². The summed E-state index contributed by atoms with van der Waals surface area (Å²) in [6.07, 6.45) is 4.00. The molecule has 0 saturated carbocycles. The van der Waals surface area contributed by atoms with Gasteiger partial charge in [-0.05, 0) is 30.5 Å². The SMILES string of the molecule is NCC1CCN(C(=O)C=Cc2cccc([N+](=O)[O-])c2)C1. The quantitative estimate of drug-likeness (QED) is 0.511. The summed E-state index contributed by atoms with van der Waals surface area (Å²) in [6.45, 7) is 2.01. The molecule has 20 heavy (non-hydrogen) atoms. The Kier molecular flexibility index (Phi) is 4.47. The Morgan fingerprint density at radius 1 is 1.55 bits per heavy atom. The zero-order chi connectivity index (χ0) is 14.5. The summed E-state index contributed by atoms with van der Waals surface area (Å²) in [5.74, 6) is 0.303. The predicted octanol–water partition coefficient (Wildman–Crippen LogP) is 1.42. The summed E-state index contributed by atoms with van der Waals surface area (Å²) < 4.78 is 0. The normalized spacial score (nSPS) is 18.6. The first-order valence-electron chi connectivity index (χ1n) is 6.51. The fourth-order valence-corrected chi connectivity index (χ4v) is 2.24. The van der Waals surface area contributed by atoms with E-state index in [1.54, 1.807) is 23.1 Å². The lowest BCUT2D eigenvalue weighted by Crippen LogP contribution is -2.28. The number of nitro groups is 1. The minimum absolute atomic E-state index is 0.0176. The van der Waals surface area contributed by atoms with Gasteiger partial charge in [-0.2, -0.15) is 0 Å². The van der Waals surface area contributed by atoms with Gasteiger partial charge in [0.2, 0.25) is 5.91 Å². The third-order valence-electron chi connectivity index (χ3n) is 3.43. The van der Waals surface area contributed by atoms with Crippen LogP contribution in [-0.2, 0) is 4.79 Å². The van der Waals surface area contributed by atoms with E-state index in [9.17, 15) is 14.9 Å². The van der Waals surface area contributed by atoms with Gasteiger partial charge < -0.3 is 10.6 Å². The number of benzene rings is 1. The maximum atomic E-state index is 12.0. The molecule has 0 aliphatic carbocycles. The predicted molar refractivity (Wildman–Crippen MR) is 75.9 cm³/mol. The number of amides is 1. The summed E-state index contributed by atoms with van der Waals surface area (Å²) in [5, 5.41) is 10.7. The Balaban J connectivity index is 2.00. The summed E-state index contributed by atoms with van der Waals surface area (Å²) >= 11 is 0. The van der Waals surface area contributed by atoms with Crippen LogP contribution in [0.5, 0.6) is 0 Å². The van der Waals surface area contributed by atoms with Crippen LogP contribution in [0.1, 0.15) is 12.0 Å². The van der Waals surface area contributed by atoms with E-state index in [-0.39, 0.29) is 11.6 Å². The standard InChI is InChI=1S/C14H17N3O3/c15-9-12-6-7-16(10-12)14(18)5-4-11-2-1-3-13(8-11)17(19)20/h1-5,8,12H,6-7,9-10,15H2. The van der Waals surface area contributed by atoms with Crippen molar-refractivity contribution >= 4 is 17.7 Å². The van der Waals surface area contributed by atoms with Crippen LogP contribution in [-0.4, -0.2) is 35.4 Å². The Labute approximate surface area is 117 Å². The monoisotopic (exact) mass is 275 g/mol. The van der Waals surface area contributed by atoms with E-state index in [0.29, 0.717) is 24.6 Å². The first kappa shape index (κ1) is 14.2. The summed E-state index contributed by atoms with van der Waals surface area (Å²) in [5.41, 5.74) is 6.24. The fraction of sp³-hybridized carbons (Fsp3) is 0.357. The molecular weight excluding hydrogens is 258 g/mol. The van der Waals surface area contributed by atoms with Crippen molar-refractivity contribution in [1.29, 1.82) is 0 Å². The van der Waals surface area contributed by atoms with Gasteiger partial charge in [0.05, 0.1) is 4.92 Å². The van der Waals surface area contributed by atoms with Gasteiger partial charge in [0.1, 0.15) is 0 Å². The minimum atomic E-state index is -0.453. The fourth-order valence-electron chi connectivity index (χ4n) is 2.24. The highest BCUT2D eigenvalue weighted by atomic mass is 16.6. The summed E-state index contributed by atoms with van der Waals surface area (Å²) in [4.78, 5) is 23.9. The average molecular weight is 275 g/mol. The number of rotatable bonds is 4. The molecule has 1 heterocycles. The minimum Gasteiger partial charge on any atom is -0.339 e. The van der Waals surface area contributed by atoms with Crippen molar-refractivity contribution in [2.45, 2.75) is 6.42 Å². The van der Waals surface area contributed by atoms with Gasteiger partial charge in [0.15, 0.2) is 0 Å². The van der Waals surface area contributed by atoms with E-state index in [0.717, 1.165) is 13.0 Å². The smallest absolute Gasteiger partial charge is 0.270 e. The van der Waals surface area contributed by atoms with E-state index in [2.05, 4.69) is 0 Å². The molecule has 1 aromatic rings. The number of nitrogens with two attached hydrogens (primary N) is 1. The Morgan fingerprint density at radius 3 is 3.00 bits per heavy atom. The van der Waals surface area contributed by atoms with Gasteiger partial charge >= 0.3 is 0 Å². The molecule has 0 aromatic heterocycles. The second-order valence-electron chi connectivity index (χ2n) is 4.86. The maximum Gasteiger partial charge on any atom is 0.270 e. The van der Waals surface area contributed by atoms with Crippen molar-refractivity contribution in [3.8, 4) is 0 Å². The molecule has 1 saturated heterocycles. The largest absolute Gasteiger partial charge is 0.339 e. The Morgan fingerprint density at radius 2 is 2.35 bits per heavy atom. The molecule has 1 aliphatic rings. The molecule has 1 unspecified atom stereocenters. The third kappa shape index (κ3) is 3.42. The lowest BCUT2D eigenvalue weighted by atomic mass is 10.1. The second-order valence-corrected chi connectivity index (χ2v) is 4.86. The number of non-ortho nitro benzene ring substituents is 1. The molecule has 2 N–H and O–H groups in total. The van der Waals surface area contributed by atoms with Gasteiger partial charge in [-0.3, -0.25) is 14.9 Å². The van der Waals surface area contributed by atoms with Crippen LogP contribution in [0.3, 0.4) is 0 Å². The Hall–Kier alpha value is -2.21. The second kappa shape index (κ2) is 6.29. The molecule has 6 heteroatoms. The van der Waals surface area contributed by atoms with Crippen LogP contribution in [0.2, 0.25) is 0 Å². The highest BCUT2D eigenvalue weighted by molar-refractivity contribution is 5.92. The van der Waals surface area contributed by atoms with Crippen LogP contribution >= 0.6 is 0 Å². The van der Waals surface area contributed by atoms with Crippen LogP contribution in [0.25, 0.3) is 6.08 Å². The first-order valence-corrected chi connectivity index (χ1v) is 6.51. The lowest BCUT2D eigenvalue weighted by molar-refractivity contribution is -0.384. The van der Waals surface area contributed by atoms with Crippen molar-refractivity contribution < 1.29 is 9.72 Å². The number of hydrogen-bond donors (Lipinski definition) is 1. The molecule has 1 aromatic carbocycles. The van der Waals surface area contributed by atoms with E-state index in [1.165, 1.54) is 18.2 Å². The van der Waals surface area contributed by atoms with E-state index >= 15 is 0 Å². The number of carbonyl (C=O) groups excluding carboxylic acids is 1. The van der Waals surface area contributed by atoms with Crippen LogP contribution in [0.15, 0.2) is 30.3 Å². The van der Waals surface area contributed by atoms with Gasteiger partial charge in [-0.1, -0.05) is 12.1 Å². The number of carbonyl (C=O) groups is 1. The van der Waals surface area contributed by atoms with Crippen molar-refractivity contribution in [3.63, 3.8) is 0 Å². The summed E-state index contributed by atoms with van der Waals surface area (Å²) in [6, 6.07) is 6.19. The average Bonchev–Trinajstić information content (AvgIpc) is 2.94. The third-order valence-corrected chi connectivity index (χ3v) is 3.43. The highest BCUT2D eigenvalue weighted by Crippen LogP contribution is 2.17. The van der Waals surface area contributed by atoms with Crippen molar-refractivity contribution in [2.24, 2.45) is 11.7 Å². The topological polar surface area (TPSA) is 89.5 Å². The van der Waals surface area contributed by atoms with E-state index in [1.807, 2.05) is 0 Å². The molecule has 106 valence electrons. The number of hydrogen-bond acceptors (Lipinski definition) is 4. The molecule has 1 amide bonds. The molecule has 1 aliphatic heterocycles. The molecular formula is C14H17N3O3. The molecule has 1 fully saturated rings. The highest BCUT2D eigenvalue weighted by Gasteiger charge is 2.23. The zero-order valence-corrected chi connectivity index (χ0v) is 11.1. The van der Waals surface area contributed by atoms with Crippen LogP contribution in [0, 0.1) is 16.0 Å². The first-order chi connectivity index (χ1) is 9.60. The van der Waals surface area contributed by atoms with Crippen molar-refractivity contribution in [1.82, 2.24) is 4.90 Å². The molecule has 1 atom stereocenters. The lowest BCUT2D eigenvalue weighted by Gasteiger charge is -2.13. The number of likely N-dealkylation sites (tertiary alicyclic amines) is 1. The van der Waals surface area contributed by atoms with Crippen molar-refractivity contribution in [3.05, 3.63) is 46.0 Å². The molecule has 0 spiro atoms. The zero-order valence-electron chi connectivity index (χ0n) is 11.1. The van der Waals surface area contributed by atoms with Crippen LogP contribution < -0.4 is 5.73 Å². The van der Waals surface area contributed by atoms with Crippen LogP contribution in [0.4, 0.5) is 5.69 Å². The maximum absolute atomic E-state index is 12.0. The number of nitrogens with zero attached hydrogens (tertiary/aromatic N) is 2. The van der Waals surface area contributed by atoms with Crippen molar-refractivity contribution in [2.75, 3.05) is 19.6 Å². The van der Waals surface area contributed by atoms with E-state index in [4.69, 9.17) is 5.73 Å². The molecule has 0 radical (unpaired) electrons. The summed E-state index contributed by atoms with van der Waals surface area (Å²) in [7, 11) is 0. The molecule has 0 bridgehead atoms. The van der Waals surface area contributed by atoms with Gasteiger partial charge in [-0.25, -0.2) is 0 Å². The van der Waals surface area contributed by atoms with Gasteiger partial charge in [-0.15, -0.1) is 0 Å². The molecule has 6 nitrogen and oxygen atoms in total. The molecule has 2 rings (SSSR count). The van der Waals surface area contributed by atoms with Gasteiger partial charge in [0.25, 0.3) is 5.69 Å². The van der Waals surface area contributed by atoms with Gasteiger partial charge in [0, 0.05) is 31.3 Å².